The topological polar surface area (TPSA) is 14.8 Å². The molecule has 0 aliphatic rings. The molecule has 0 N–H and O–H groups in total. The number of aryl methyl sites for hydroxylation is 1. The smallest absolute Gasteiger partial charge is 0.0547 e. The molecule has 244 valence electrons. The molecule has 11 rings (SSSR count). The zero-order valence-corrected chi connectivity index (χ0v) is 28.7. The second-order valence-corrected chi connectivity index (χ2v) is 13.8. The number of hydrogen-bond donors (Lipinski definition) is 0. The van der Waals surface area contributed by atoms with Crippen LogP contribution in [0.2, 0.25) is 0 Å². The zero-order chi connectivity index (χ0) is 34.3. The van der Waals surface area contributed by atoms with E-state index in [0.717, 1.165) is 5.69 Å². The summed E-state index contributed by atoms with van der Waals surface area (Å²) in [5, 5.41) is 7.60. The molecule has 0 bridgehead atoms. The Morgan fingerprint density at radius 2 is 0.808 bits per heavy atom. The Bertz CT molecular complexity index is 3180. The predicted molar refractivity (Wildman–Crippen MR) is 220 cm³/mol. The summed E-state index contributed by atoms with van der Waals surface area (Å²) < 4.78 is 7.12. The standard InChI is InChI=1S/C49H33N3/c1-50-43-20-10-8-17-38(43)40-26-23-33(31-48(40)50)32-24-27-46-42(29-32)49-37(19-12-22-47(49)52(46)36-15-6-3-7-16-36)34-25-28-45-41(30-34)39-18-9-11-21-44(39)51(45)35-13-4-2-5-14-35/h2-31H,1H3. The molecule has 52 heavy (non-hydrogen) atoms. The minimum Gasteiger partial charge on any atom is -0.344 e. The summed E-state index contributed by atoms with van der Waals surface area (Å²) in [7, 11) is 2.17. The molecule has 3 aromatic heterocycles. The molecule has 0 fully saturated rings. The molecular formula is C49H33N3. The lowest BCUT2D eigenvalue weighted by molar-refractivity contribution is 1.01. The Hall–Kier alpha value is -6.84. The first-order valence-corrected chi connectivity index (χ1v) is 17.9. The van der Waals surface area contributed by atoms with E-state index in [-0.39, 0.29) is 0 Å². The number of hydrogen-bond acceptors (Lipinski definition) is 0. The van der Waals surface area contributed by atoms with Crippen LogP contribution in [0.25, 0.3) is 99.0 Å². The van der Waals surface area contributed by atoms with E-state index in [0.29, 0.717) is 0 Å². The quantitative estimate of drug-likeness (QED) is 0.178. The van der Waals surface area contributed by atoms with Gasteiger partial charge in [-0.1, -0.05) is 109 Å². The lowest BCUT2D eigenvalue weighted by Crippen LogP contribution is -1.93. The fraction of sp³-hybridized carbons (Fsp3) is 0.0204. The maximum atomic E-state index is 2.42. The van der Waals surface area contributed by atoms with E-state index in [1.165, 1.54) is 93.4 Å². The molecule has 3 nitrogen and oxygen atoms in total. The average Bonchev–Trinajstić information content (AvgIpc) is 3.83. The molecule has 8 aromatic carbocycles. The molecule has 3 heterocycles. The van der Waals surface area contributed by atoms with E-state index in [1.807, 2.05) is 0 Å². The molecule has 0 saturated carbocycles. The molecule has 0 unspecified atom stereocenters. The van der Waals surface area contributed by atoms with E-state index in [1.54, 1.807) is 0 Å². The van der Waals surface area contributed by atoms with Crippen molar-refractivity contribution < 1.29 is 0 Å². The molecule has 0 amide bonds. The Morgan fingerprint density at radius 3 is 1.56 bits per heavy atom. The average molecular weight is 664 g/mol. The first-order valence-electron chi connectivity index (χ1n) is 17.9. The zero-order valence-electron chi connectivity index (χ0n) is 28.7. The van der Waals surface area contributed by atoms with Crippen LogP contribution in [0.15, 0.2) is 182 Å². The van der Waals surface area contributed by atoms with Gasteiger partial charge in [-0.05, 0) is 95.1 Å². The fourth-order valence-corrected chi connectivity index (χ4v) is 8.68. The van der Waals surface area contributed by atoms with Gasteiger partial charge in [0.05, 0.1) is 22.1 Å². The van der Waals surface area contributed by atoms with Crippen LogP contribution in [-0.2, 0) is 7.05 Å². The molecule has 0 spiro atoms. The van der Waals surface area contributed by atoms with Gasteiger partial charge in [-0.25, -0.2) is 0 Å². The highest BCUT2D eigenvalue weighted by Crippen LogP contribution is 2.42. The number of benzene rings is 8. The van der Waals surface area contributed by atoms with Crippen LogP contribution in [0.1, 0.15) is 0 Å². The van der Waals surface area contributed by atoms with Gasteiger partial charge in [0.25, 0.3) is 0 Å². The van der Waals surface area contributed by atoms with Gasteiger partial charge in [0.15, 0.2) is 0 Å². The van der Waals surface area contributed by atoms with Crippen molar-refractivity contribution in [3.05, 3.63) is 182 Å². The molecule has 0 aliphatic heterocycles. The van der Waals surface area contributed by atoms with E-state index >= 15 is 0 Å². The molecular weight excluding hydrogens is 631 g/mol. The number of aromatic nitrogens is 3. The number of fused-ring (bicyclic) bond motifs is 9. The highest BCUT2D eigenvalue weighted by atomic mass is 15.0. The Balaban J connectivity index is 1.17. The van der Waals surface area contributed by atoms with Crippen molar-refractivity contribution in [2.75, 3.05) is 0 Å². The molecule has 3 heteroatoms. The maximum Gasteiger partial charge on any atom is 0.0547 e. The molecule has 11 aromatic rings. The van der Waals surface area contributed by atoms with Crippen LogP contribution in [0.5, 0.6) is 0 Å². The normalized spacial score (nSPS) is 11.9. The SMILES string of the molecule is Cn1c2ccccc2c2ccc(-c3ccc4c(c3)c3c(-c5ccc6c(c5)c5ccccc5n6-c5ccccc5)cccc3n4-c3ccccc3)cc21. The van der Waals surface area contributed by atoms with Crippen molar-refractivity contribution in [1.29, 1.82) is 0 Å². The highest BCUT2D eigenvalue weighted by molar-refractivity contribution is 6.18. The monoisotopic (exact) mass is 663 g/mol. The van der Waals surface area contributed by atoms with Gasteiger partial charge in [-0.3, -0.25) is 0 Å². The molecule has 0 saturated heterocycles. The summed E-state index contributed by atoms with van der Waals surface area (Å²) in [6, 6.07) is 66.6. The van der Waals surface area contributed by atoms with Crippen molar-refractivity contribution in [3.8, 4) is 33.6 Å². The summed E-state index contributed by atoms with van der Waals surface area (Å²) in [6.45, 7) is 0. The third kappa shape index (κ3) is 4.14. The van der Waals surface area contributed by atoms with E-state index in [9.17, 15) is 0 Å². The van der Waals surface area contributed by atoms with Gasteiger partial charge in [0.1, 0.15) is 0 Å². The third-order valence-corrected chi connectivity index (χ3v) is 11.1. The van der Waals surface area contributed by atoms with E-state index in [4.69, 9.17) is 0 Å². The first-order chi connectivity index (χ1) is 25.7. The van der Waals surface area contributed by atoms with E-state index in [2.05, 4.69) is 203 Å². The number of rotatable bonds is 4. The summed E-state index contributed by atoms with van der Waals surface area (Å²) >= 11 is 0. The Labute approximate surface area is 300 Å². The lowest BCUT2D eigenvalue weighted by atomic mass is 9.96. The lowest BCUT2D eigenvalue weighted by Gasteiger charge is -2.10. The second-order valence-electron chi connectivity index (χ2n) is 13.8. The van der Waals surface area contributed by atoms with Crippen LogP contribution in [-0.4, -0.2) is 13.7 Å². The van der Waals surface area contributed by atoms with Crippen molar-refractivity contribution in [1.82, 2.24) is 13.7 Å². The molecule has 0 radical (unpaired) electrons. The van der Waals surface area contributed by atoms with Gasteiger partial charge in [0, 0.05) is 61.8 Å². The first kappa shape index (κ1) is 28.9. The van der Waals surface area contributed by atoms with Crippen molar-refractivity contribution in [3.63, 3.8) is 0 Å². The minimum absolute atomic E-state index is 1.16. The molecule has 0 aliphatic carbocycles. The summed E-state index contributed by atoms with van der Waals surface area (Å²) in [5.41, 5.74) is 14.5. The summed E-state index contributed by atoms with van der Waals surface area (Å²) in [4.78, 5) is 0. The van der Waals surface area contributed by atoms with Gasteiger partial charge < -0.3 is 13.7 Å². The number of para-hydroxylation sites is 4. The minimum atomic E-state index is 1.16. The largest absolute Gasteiger partial charge is 0.344 e. The van der Waals surface area contributed by atoms with E-state index < -0.39 is 0 Å². The summed E-state index contributed by atoms with van der Waals surface area (Å²) in [5.74, 6) is 0. The third-order valence-electron chi connectivity index (χ3n) is 11.1. The Morgan fingerprint density at radius 1 is 0.308 bits per heavy atom. The molecule has 0 atom stereocenters. The van der Waals surface area contributed by atoms with Gasteiger partial charge in [-0.2, -0.15) is 0 Å². The van der Waals surface area contributed by atoms with Crippen molar-refractivity contribution in [2.45, 2.75) is 0 Å². The van der Waals surface area contributed by atoms with Gasteiger partial charge in [0.2, 0.25) is 0 Å². The second kappa shape index (κ2) is 11.1. The van der Waals surface area contributed by atoms with Crippen molar-refractivity contribution in [2.24, 2.45) is 7.05 Å². The maximum absolute atomic E-state index is 2.42. The van der Waals surface area contributed by atoms with Crippen LogP contribution in [0, 0.1) is 0 Å². The van der Waals surface area contributed by atoms with Crippen LogP contribution < -0.4 is 0 Å². The van der Waals surface area contributed by atoms with Crippen LogP contribution in [0.4, 0.5) is 0 Å². The van der Waals surface area contributed by atoms with Gasteiger partial charge >= 0.3 is 0 Å². The fourth-order valence-electron chi connectivity index (χ4n) is 8.68. The van der Waals surface area contributed by atoms with Crippen LogP contribution in [0.3, 0.4) is 0 Å². The van der Waals surface area contributed by atoms with Crippen LogP contribution >= 0.6 is 0 Å². The van der Waals surface area contributed by atoms with Crippen molar-refractivity contribution >= 4 is 65.4 Å². The Kier molecular flexibility index (Phi) is 6.17. The number of nitrogens with zero attached hydrogens (tertiary/aromatic N) is 3. The summed E-state index contributed by atoms with van der Waals surface area (Å²) in [6.07, 6.45) is 0. The predicted octanol–water partition coefficient (Wildman–Crippen LogP) is 12.9. The highest BCUT2D eigenvalue weighted by Gasteiger charge is 2.19. The van der Waals surface area contributed by atoms with Gasteiger partial charge in [-0.15, -0.1) is 0 Å².